The molecule has 4 heteroatoms. The van der Waals surface area contributed by atoms with Gasteiger partial charge >= 0.3 is 6.09 Å². The highest BCUT2D eigenvalue weighted by molar-refractivity contribution is 5.70. The van der Waals surface area contributed by atoms with E-state index in [2.05, 4.69) is 18.2 Å². The van der Waals surface area contributed by atoms with Crippen LogP contribution >= 0.6 is 0 Å². The lowest BCUT2D eigenvalue weighted by Gasteiger charge is -2.33. The van der Waals surface area contributed by atoms with Crippen molar-refractivity contribution in [2.24, 2.45) is 0 Å². The maximum Gasteiger partial charge on any atom is 0.410 e. The molecular formula is C25H29NO3. The molecular weight excluding hydrogens is 362 g/mol. The van der Waals surface area contributed by atoms with Gasteiger partial charge in [-0.25, -0.2) is 4.79 Å². The number of carbonyl (C=O) groups is 1. The summed E-state index contributed by atoms with van der Waals surface area (Å²) in [6.45, 7) is 1.78. The molecule has 0 saturated carbocycles. The van der Waals surface area contributed by atoms with E-state index in [1.165, 1.54) is 11.1 Å². The van der Waals surface area contributed by atoms with E-state index in [1.54, 1.807) is 0 Å². The van der Waals surface area contributed by atoms with Crippen LogP contribution in [0.1, 0.15) is 43.2 Å². The Hall–Kier alpha value is -2.59. The quantitative estimate of drug-likeness (QED) is 0.442. The van der Waals surface area contributed by atoms with Gasteiger partial charge in [0.05, 0.1) is 12.6 Å². The molecule has 0 N–H and O–H groups in total. The van der Waals surface area contributed by atoms with Crippen LogP contribution in [0.4, 0.5) is 4.79 Å². The van der Waals surface area contributed by atoms with E-state index < -0.39 is 0 Å². The molecule has 1 saturated heterocycles. The Morgan fingerprint density at radius 3 is 2.31 bits per heavy atom. The van der Waals surface area contributed by atoms with Gasteiger partial charge in [0, 0.05) is 12.6 Å². The first-order valence-corrected chi connectivity index (χ1v) is 10.6. The van der Waals surface area contributed by atoms with Crippen molar-refractivity contribution in [2.45, 2.75) is 57.4 Å². The molecule has 2 aliphatic rings. The van der Waals surface area contributed by atoms with E-state index in [4.69, 9.17) is 9.47 Å². The average Bonchev–Trinajstić information content (AvgIpc) is 3.03. The van der Waals surface area contributed by atoms with Gasteiger partial charge in [-0.05, 0) is 43.2 Å². The summed E-state index contributed by atoms with van der Waals surface area (Å²) in [5.41, 5.74) is 3.71. The van der Waals surface area contributed by atoms with E-state index in [1.807, 2.05) is 53.4 Å². The molecule has 4 nitrogen and oxygen atoms in total. The third kappa shape index (κ3) is 5.27. The second kappa shape index (κ2) is 9.75. The van der Waals surface area contributed by atoms with Crippen LogP contribution in [0.25, 0.3) is 0 Å². The number of benzene rings is 2. The van der Waals surface area contributed by atoms with E-state index >= 15 is 0 Å². The first-order valence-electron chi connectivity index (χ1n) is 10.6. The lowest BCUT2D eigenvalue weighted by Crippen LogP contribution is -2.43. The summed E-state index contributed by atoms with van der Waals surface area (Å²) in [5.74, 6) is 0. The highest BCUT2D eigenvalue weighted by Gasteiger charge is 2.40. The van der Waals surface area contributed by atoms with Crippen LogP contribution in [-0.4, -0.2) is 29.7 Å². The second-order valence-electron chi connectivity index (χ2n) is 7.92. The van der Waals surface area contributed by atoms with Gasteiger partial charge in [-0.1, -0.05) is 72.3 Å². The fourth-order valence-electron chi connectivity index (χ4n) is 4.35. The molecule has 0 aliphatic carbocycles. The lowest BCUT2D eigenvalue weighted by atomic mass is 9.98. The summed E-state index contributed by atoms with van der Waals surface area (Å²) >= 11 is 0. The SMILES string of the molecule is O=C(OCc1ccccc1)N1C2C=C(CCCOCc3ccccc3)CC1CC2. The van der Waals surface area contributed by atoms with E-state index in [0.29, 0.717) is 13.2 Å². The van der Waals surface area contributed by atoms with Crippen molar-refractivity contribution >= 4 is 6.09 Å². The second-order valence-corrected chi connectivity index (χ2v) is 7.92. The van der Waals surface area contributed by atoms with Gasteiger partial charge in [0.15, 0.2) is 0 Å². The van der Waals surface area contributed by atoms with Crippen LogP contribution in [0.2, 0.25) is 0 Å². The Labute approximate surface area is 173 Å². The van der Waals surface area contributed by atoms with Crippen molar-refractivity contribution in [1.82, 2.24) is 4.90 Å². The Morgan fingerprint density at radius 2 is 1.62 bits per heavy atom. The minimum atomic E-state index is -0.178. The van der Waals surface area contributed by atoms with Gasteiger partial charge in [-0.2, -0.15) is 0 Å². The molecule has 2 aromatic rings. The standard InChI is InChI=1S/C25H29NO3/c27-25(29-19-21-10-5-2-6-11-21)26-23-13-14-24(26)17-22(16-23)12-7-15-28-18-20-8-3-1-4-9-20/h1-6,8-11,16,23-24H,7,12-15,17-19H2. The van der Waals surface area contributed by atoms with Crippen LogP contribution < -0.4 is 0 Å². The predicted molar refractivity (Wildman–Crippen MR) is 113 cm³/mol. The number of ether oxygens (including phenoxy) is 2. The molecule has 2 bridgehead atoms. The monoisotopic (exact) mass is 391 g/mol. The van der Waals surface area contributed by atoms with Crippen LogP contribution in [0.3, 0.4) is 0 Å². The van der Waals surface area contributed by atoms with E-state index in [-0.39, 0.29) is 18.2 Å². The first-order chi connectivity index (χ1) is 14.3. The fourth-order valence-corrected chi connectivity index (χ4v) is 4.35. The number of rotatable bonds is 8. The maximum atomic E-state index is 12.6. The van der Waals surface area contributed by atoms with Crippen molar-refractivity contribution in [3.63, 3.8) is 0 Å². The van der Waals surface area contributed by atoms with Gasteiger partial charge < -0.3 is 9.47 Å². The molecule has 29 heavy (non-hydrogen) atoms. The van der Waals surface area contributed by atoms with E-state index in [9.17, 15) is 4.79 Å². The molecule has 0 spiro atoms. The minimum absolute atomic E-state index is 0.178. The zero-order valence-electron chi connectivity index (χ0n) is 16.8. The largest absolute Gasteiger partial charge is 0.445 e. The van der Waals surface area contributed by atoms with E-state index in [0.717, 1.165) is 44.3 Å². The average molecular weight is 392 g/mol. The first kappa shape index (κ1) is 19.7. The third-order valence-electron chi connectivity index (χ3n) is 5.79. The molecule has 1 fully saturated rings. The number of hydrogen-bond donors (Lipinski definition) is 0. The van der Waals surface area contributed by atoms with Gasteiger partial charge in [-0.3, -0.25) is 4.90 Å². The van der Waals surface area contributed by atoms with Crippen molar-refractivity contribution in [1.29, 1.82) is 0 Å². The third-order valence-corrected chi connectivity index (χ3v) is 5.79. The molecule has 1 amide bonds. The summed E-state index contributed by atoms with van der Waals surface area (Å²) in [7, 11) is 0. The van der Waals surface area contributed by atoms with Crippen molar-refractivity contribution in [2.75, 3.05) is 6.61 Å². The van der Waals surface area contributed by atoms with Crippen LogP contribution in [0.15, 0.2) is 72.3 Å². The topological polar surface area (TPSA) is 38.8 Å². The zero-order chi connectivity index (χ0) is 19.9. The molecule has 0 radical (unpaired) electrons. The zero-order valence-corrected chi connectivity index (χ0v) is 16.8. The van der Waals surface area contributed by atoms with Crippen LogP contribution in [0.5, 0.6) is 0 Å². The number of nitrogens with zero attached hydrogens (tertiary/aromatic N) is 1. The molecule has 2 aliphatic heterocycles. The highest BCUT2D eigenvalue weighted by atomic mass is 16.6. The Kier molecular flexibility index (Phi) is 6.63. The van der Waals surface area contributed by atoms with Crippen molar-refractivity contribution in [3.8, 4) is 0 Å². The molecule has 2 heterocycles. The van der Waals surface area contributed by atoms with Gasteiger partial charge in [0.2, 0.25) is 0 Å². The van der Waals surface area contributed by atoms with Crippen molar-refractivity contribution < 1.29 is 14.3 Å². The minimum Gasteiger partial charge on any atom is -0.445 e. The summed E-state index contributed by atoms with van der Waals surface area (Å²) in [4.78, 5) is 14.6. The van der Waals surface area contributed by atoms with Crippen molar-refractivity contribution in [3.05, 3.63) is 83.4 Å². The molecule has 0 aromatic heterocycles. The number of carbonyl (C=O) groups excluding carboxylic acids is 1. The molecule has 2 unspecified atom stereocenters. The Balaban J connectivity index is 1.21. The molecule has 152 valence electrons. The summed E-state index contributed by atoms with van der Waals surface area (Å²) in [5, 5.41) is 0. The summed E-state index contributed by atoms with van der Waals surface area (Å²) in [6, 6.07) is 20.6. The number of hydrogen-bond acceptors (Lipinski definition) is 3. The molecule has 4 rings (SSSR count). The number of fused-ring (bicyclic) bond motifs is 2. The normalized spacial score (nSPS) is 20.4. The smallest absolute Gasteiger partial charge is 0.410 e. The number of amides is 1. The van der Waals surface area contributed by atoms with Gasteiger partial charge in [0.25, 0.3) is 0 Å². The predicted octanol–water partition coefficient (Wildman–Crippen LogP) is 5.48. The van der Waals surface area contributed by atoms with Gasteiger partial charge in [-0.15, -0.1) is 0 Å². The molecule has 2 atom stereocenters. The fraction of sp³-hybridized carbons (Fsp3) is 0.400. The van der Waals surface area contributed by atoms with Gasteiger partial charge in [0.1, 0.15) is 6.61 Å². The van der Waals surface area contributed by atoms with Crippen LogP contribution in [-0.2, 0) is 22.7 Å². The maximum absolute atomic E-state index is 12.6. The lowest BCUT2D eigenvalue weighted by molar-refractivity contribution is 0.0810. The summed E-state index contributed by atoms with van der Waals surface area (Å²) in [6.07, 6.45) is 7.27. The molecule has 2 aromatic carbocycles. The van der Waals surface area contributed by atoms with Crippen LogP contribution in [0, 0.1) is 0 Å². The Morgan fingerprint density at radius 1 is 0.931 bits per heavy atom. The highest BCUT2D eigenvalue weighted by Crippen LogP contribution is 2.36. The summed E-state index contributed by atoms with van der Waals surface area (Å²) < 4.78 is 11.4. The Bertz CT molecular complexity index is 818.